The summed E-state index contributed by atoms with van der Waals surface area (Å²) in [4.78, 5) is 41.0. The molecule has 0 aliphatic carbocycles. The molecule has 8 nitrogen and oxygen atoms in total. The second-order valence-electron chi connectivity index (χ2n) is 5.73. The number of hydrogen-bond acceptors (Lipinski definition) is 6. The summed E-state index contributed by atoms with van der Waals surface area (Å²) in [5, 5.41) is 11.4. The zero-order valence-electron chi connectivity index (χ0n) is 14.0. The third-order valence-electron chi connectivity index (χ3n) is 3.80. The predicted octanol–water partition coefficient (Wildman–Crippen LogP) is 2.90. The standard InChI is InChI=1S/C18H14FN3O5/c19-11-8-9-14(22(25)26)15(10-11)27-17(23)7-3-6-16-20-13-5-2-1-4-12(13)18(24)21-16/h1-2,4-5,8-10H,3,6-7H2,(H,20,21,24). The van der Waals surface area contributed by atoms with Crippen molar-refractivity contribution in [2.75, 3.05) is 0 Å². The number of esters is 1. The maximum Gasteiger partial charge on any atom is 0.311 e. The van der Waals surface area contributed by atoms with E-state index in [0.717, 1.165) is 18.2 Å². The van der Waals surface area contributed by atoms with Crippen LogP contribution >= 0.6 is 0 Å². The summed E-state index contributed by atoms with van der Waals surface area (Å²) < 4.78 is 18.2. The third kappa shape index (κ3) is 4.32. The number of rotatable bonds is 6. The number of aryl methyl sites for hydroxylation is 1. The Morgan fingerprint density at radius 1 is 1.26 bits per heavy atom. The van der Waals surface area contributed by atoms with Gasteiger partial charge in [-0.1, -0.05) is 12.1 Å². The number of benzene rings is 2. The average molecular weight is 371 g/mol. The Balaban J connectivity index is 1.63. The lowest BCUT2D eigenvalue weighted by molar-refractivity contribution is -0.385. The summed E-state index contributed by atoms with van der Waals surface area (Å²) in [5.74, 6) is -1.52. The molecule has 0 saturated carbocycles. The highest BCUT2D eigenvalue weighted by atomic mass is 19.1. The SMILES string of the molecule is O=C(CCCc1nc2ccccc2c(=O)[nH]1)Oc1cc(F)ccc1[N+](=O)[O-]. The molecule has 0 radical (unpaired) electrons. The normalized spacial score (nSPS) is 10.7. The first-order chi connectivity index (χ1) is 12.9. The molecular weight excluding hydrogens is 357 g/mol. The molecule has 9 heteroatoms. The van der Waals surface area contributed by atoms with E-state index in [2.05, 4.69) is 9.97 Å². The van der Waals surface area contributed by atoms with Crippen molar-refractivity contribution < 1.29 is 18.8 Å². The van der Waals surface area contributed by atoms with Crippen molar-refractivity contribution >= 4 is 22.6 Å². The number of aromatic nitrogens is 2. The number of halogens is 1. The molecule has 3 rings (SSSR count). The molecule has 1 aromatic heterocycles. The van der Waals surface area contributed by atoms with Gasteiger partial charge in [0, 0.05) is 25.0 Å². The van der Waals surface area contributed by atoms with Crippen LogP contribution in [0, 0.1) is 15.9 Å². The Morgan fingerprint density at radius 3 is 2.81 bits per heavy atom. The van der Waals surface area contributed by atoms with E-state index in [9.17, 15) is 24.1 Å². The maximum atomic E-state index is 13.2. The number of nitrogens with zero attached hydrogens (tertiary/aromatic N) is 2. The number of carbonyl (C=O) groups excluding carboxylic acids is 1. The smallest absolute Gasteiger partial charge is 0.311 e. The number of nitro groups is 1. The molecule has 2 aromatic carbocycles. The lowest BCUT2D eigenvalue weighted by Gasteiger charge is -2.06. The van der Waals surface area contributed by atoms with Gasteiger partial charge in [0.15, 0.2) is 0 Å². The molecule has 0 bridgehead atoms. The Kier molecular flexibility index (Phi) is 5.20. The van der Waals surface area contributed by atoms with E-state index in [-0.39, 0.29) is 12.0 Å². The number of carbonyl (C=O) groups is 1. The van der Waals surface area contributed by atoms with Crippen LogP contribution in [0.3, 0.4) is 0 Å². The van der Waals surface area contributed by atoms with E-state index in [4.69, 9.17) is 4.74 Å². The van der Waals surface area contributed by atoms with Crippen molar-refractivity contribution in [3.63, 3.8) is 0 Å². The van der Waals surface area contributed by atoms with E-state index in [0.29, 0.717) is 29.6 Å². The van der Waals surface area contributed by atoms with Gasteiger partial charge in [0.25, 0.3) is 5.56 Å². The summed E-state index contributed by atoms with van der Waals surface area (Å²) in [7, 11) is 0. The molecule has 0 fully saturated rings. The number of hydrogen-bond donors (Lipinski definition) is 1. The zero-order chi connectivity index (χ0) is 19.4. The lowest BCUT2D eigenvalue weighted by atomic mass is 10.2. The molecule has 1 N–H and O–H groups in total. The van der Waals surface area contributed by atoms with Crippen LogP contribution in [0.5, 0.6) is 5.75 Å². The Morgan fingerprint density at radius 2 is 2.04 bits per heavy atom. The number of H-pyrrole nitrogens is 1. The van der Waals surface area contributed by atoms with Crippen LogP contribution < -0.4 is 10.3 Å². The van der Waals surface area contributed by atoms with Crippen LogP contribution in [0.4, 0.5) is 10.1 Å². The summed E-state index contributed by atoms with van der Waals surface area (Å²) >= 11 is 0. The molecule has 0 atom stereocenters. The Labute approximate surface area is 151 Å². The van der Waals surface area contributed by atoms with E-state index < -0.39 is 28.1 Å². The first kappa shape index (κ1) is 18.2. The number of nitrogens with one attached hydrogen (secondary N) is 1. The minimum absolute atomic E-state index is 0.0792. The minimum atomic E-state index is -0.758. The van der Waals surface area contributed by atoms with Crippen molar-refractivity contribution in [1.82, 2.24) is 9.97 Å². The van der Waals surface area contributed by atoms with E-state index in [1.54, 1.807) is 24.3 Å². The zero-order valence-corrected chi connectivity index (χ0v) is 14.0. The molecule has 0 saturated heterocycles. The van der Waals surface area contributed by atoms with Crippen LogP contribution in [0.15, 0.2) is 47.3 Å². The molecule has 27 heavy (non-hydrogen) atoms. The number of para-hydroxylation sites is 1. The van der Waals surface area contributed by atoms with Crippen molar-refractivity contribution in [3.05, 3.63) is 74.6 Å². The predicted molar refractivity (Wildman–Crippen MR) is 94.0 cm³/mol. The Bertz CT molecular complexity index is 1080. The van der Waals surface area contributed by atoms with Crippen molar-refractivity contribution in [2.45, 2.75) is 19.3 Å². The van der Waals surface area contributed by atoms with Crippen LogP contribution in [0.25, 0.3) is 10.9 Å². The van der Waals surface area contributed by atoms with Crippen LogP contribution in [0.1, 0.15) is 18.7 Å². The third-order valence-corrected chi connectivity index (χ3v) is 3.80. The number of ether oxygens (including phenoxy) is 1. The molecule has 1 heterocycles. The first-order valence-corrected chi connectivity index (χ1v) is 8.06. The monoisotopic (exact) mass is 371 g/mol. The van der Waals surface area contributed by atoms with Gasteiger partial charge in [-0.25, -0.2) is 9.37 Å². The van der Waals surface area contributed by atoms with Gasteiger partial charge in [-0.2, -0.15) is 0 Å². The largest absolute Gasteiger partial charge is 0.419 e. The second-order valence-corrected chi connectivity index (χ2v) is 5.73. The molecule has 0 spiro atoms. The van der Waals surface area contributed by atoms with Gasteiger partial charge in [-0.05, 0) is 24.6 Å². The fourth-order valence-corrected chi connectivity index (χ4v) is 2.55. The summed E-state index contributed by atoms with van der Waals surface area (Å²) in [6.45, 7) is 0. The van der Waals surface area contributed by atoms with Crippen molar-refractivity contribution in [2.24, 2.45) is 0 Å². The average Bonchev–Trinajstić information content (AvgIpc) is 2.61. The van der Waals surface area contributed by atoms with E-state index >= 15 is 0 Å². The molecule has 3 aromatic rings. The summed E-state index contributed by atoms with van der Waals surface area (Å²) in [6.07, 6.45) is 0.522. The van der Waals surface area contributed by atoms with Crippen LogP contribution in [-0.4, -0.2) is 20.9 Å². The van der Waals surface area contributed by atoms with Gasteiger partial charge in [-0.15, -0.1) is 0 Å². The van der Waals surface area contributed by atoms with Crippen molar-refractivity contribution in [3.8, 4) is 5.75 Å². The maximum absolute atomic E-state index is 13.2. The van der Waals surface area contributed by atoms with Gasteiger partial charge < -0.3 is 9.72 Å². The van der Waals surface area contributed by atoms with Crippen molar-refractivity contribution in [1.29, 1.82) is 0 Å². The molecule has 0 aliphatic rings. The molecule has 0 amide bonds. The van der Waals surface area contributed by atoms with Crippen LogP contribution in [-0.2, 0) is 11.2 Å². The van der Waals surface area contributed by atoms with Gasteiger partial charge in [-0.3, -0.25) is 19.7 Å². The van der Waals surface area contributed by atoms with Gasteiger partial charge in [0.1, 0.15) is 11.6 Å². The lowest BCUT2D eigenvalue weighted by Crippen LogP contribution is -2.13. The highest BCUT2D eigenvalue weighted by Crippen LogP contribution is 2.27. The minimum Gasteiger partial charge on any atom is -0.419 e. The fraction of sp³-hybridized carbons (Fsp3) is 0.167. The second kappa shape index (κ2) is 7.73. The molecule has 138 valence electrons. The highest BCUT2D eigenvalue weighted by molar-refractivity contribution is 5.77. The number of fused-ring (bicyclic) bond motifs is 1. The quantitative estimate of drug-likeness (QED) is 0.308. The van der Waals surface area contributed by atoms with Gasteiger partial charge in [0.2, 0.25) is 5.75 Å². The highest BCUT2D eigenvalue weighted by Gasteiger charge is 2.19. The van der Waals surface area contributed by atoms with Gasteiger partial charge >= 0.3 is 11.7 Å². The first-order valence-electron chi connectivity index (χ1n) is 8.06. The molecular formula is C18H14FN3O5. The Hall–Kier alpha value is -3.62. The van der Waals surface area contributed by atoms with Gasteiger partial charge in [0.05, 0.1) is 15.8 Å². The molecule has 0 unspecified atom stereocenters. The summed E-state index contributed by atoms with van der Waals surface area (Å²) in [5.41, 5.74) is -0.215. The fourth-order valence-electron chi connectivity index (χ4n) is 2.55. The molecule has 0 aliphatic heterocycles. The van der Waals surface area contributed by atoms with E-state index in [1.165, 1.54) is 0 Å². The van der Waals surface area contributed by atoms with E-state index in [1.807, 2.05) is 0 Å². The van der Waals surface area contributed by atoms with Crippen LogP contribution in [0.2, 0.25) is 0 Å². The summed E-state index contributed by atoms with van der Waals surface area (Å²) in [6, 6.07) is 9.51. The number of nitro benzene ring substituents is 1. The topological polar surface area (TPSA) is 115 Å². The number of aromatic amines is 1.